The number of hydrogen-bond acceptors (Lipinski definition) is 7. The molecule has 0 saturated heterocycles. The van der Waals surface area contributed by atoms with Gasteiger partial charge in [-0.05, 0) is 53.9 Å². The van der Waals surface area contributed by atoms with Gasteiger partial charge < -0.3 is 5.32 Å². The van der Waals surface area contributed by atoms with Crippen molar-refractivity contribution in [1.82, 2.24) is 0 Å². The van der Waals surface area contributed by atoms with Crippen molar-refractivity contribution in [2.45, 2.75) is 25.7 Å². The summed E-state index contributed by atoms with van der Waals surface area (Å²) >= 11 is -1.15. The van der Waals surface area contributed by atoms with E-state index in [1.807, 2.05) is 0 Å². The third kappa shape index (κ3) is 7.90. The molecule has 0 bridgehead atoms. The molecule has 0 aromatic heterocycles. The minimum absolute atomic E-state index is 0.161. The zero-order valence-corrected chi connectivity index (χ0v) is 17.7. The number of halogens is 6. The van der Waals surface area contributed by atoms with Crippen LogP contribution in [0, 0.1) is 10.1 Å². The molecule has 0 aliphatic heterocycles. The maximum absolute atomic E-state index is 12.5. The second-order valence-electron chi connectivity index (χ2n) is 5.82. The fourth-order valence-corrected chi connectivity index (χ4v) is 4.79. The van der Waals surface area contributed by atoms with E-state index in [0.717, 1.165) is 12.1 Å². The molecule has 0 atom stereocenters. The van der Waals surface area contributed by atoms with Gasteiger partial charge in [-0.2, -0.15) is 26.3 Å². The van der Waals surface area contributed by atoms with Crippen LogP contribution in [0.3, 0.4) is 0 Å². The lowest BCUT2D eigenvalue weighted by Gasteiger charge is -2.10. The van der Waals surface area contributed by atoms with Crippen LogP contribution < -0.4 is 5.32 Å². The average Bonchev–Trinajstić information content (AvgIpc) is 2.58. The van der Waals surface area contributed by atoms with Crippen molar-refractivity contribution in [3.8, 4) is 0 Å². The Morgan fingerprint density at radius 1 is 0.969 bits per heavy atom. The SMILES string of the molecule is O=C(CS(=O)(=O)c1ccc(SC(F)(F)F)cc1[N+](=O)[O-])Nc1cccc(SC(F)(F)F)c1. The number of anilines is 1. The van der Waals surface area contributed by atoms with E-state index < -0.39 is 76.4 Å². The van der Waals surface area contributed by atoms with Crippen LogP contribution in [-0.2, 0) is 14.6 Å². The molecule has 0 spiro atoms. The molecule has 0 radical (unpaired) electrons. The molecule has 7 nitrogen and oxygen atoms in total. The molecule has 2 aromatic rings. The molecule has 0 fully saturated rings. The maximum atomic E-state index is 12.5. The van der Waals surface area contributed by atoms with E-state index in [9.17, 15) is 49.7 Å². The van der Waals surface area contributed by atoms with Crippen LogP contribution >= 0.6 is 23.5 Å². The molecule has 1 amide bonds. The lowest BCUT2D eigenvalue weighted by atomic mass is 10.3. The van der Waals surface area contributed by atoms with E-state index in [4.69, 9.17) is 0 Å². The Balaban J connectivity index is 2.23. The second kappa shape index (κ2) is 9.58. The number of sulfone groups is 1. The van der Waals surface area contributed by atoms with Gasteiger partial charge in [-0.1, -0.05) is 6.07 Å². The highest BCUT2D eigenvalue weighted by Crippen LogP contribution is 2.40. The van der Waals surface area contributed by atoms with Crippen molar-refractivity contribution in [2.75, 3.05) is 11.1 Å². The number of thioether (sulfide) groups is 2. The number of benzene rings is 2. The second-order valence-corrected chi connectivity index (χ2v) is 10.1. The molecule has 2 aromatic carbocycles. The zero-order chi connectivity index (χ0) is 24.3. The van der Waals surface area contributed by atoms with Gasteiger partial charge in [-0.3, -0.25) is 14.9 Å². The first-order chi connectivity index (χ1) is 14.6. The minimum atomic E-state index is -4.77. The Morgan fingerprint density at radius 3 is 2.06 bits per heavy atom. The van der Waals surface area contributed by atoms with Crippen molar-refractivity contribution in [3.05, 3.63) is 52.6 Å². The Kier molecular flexibility index (Phi) is 7.72. The van der Waals surface area contributed by atoms with Crippen LogP contribution in [-0.4, -0.2) is 36.0 Å². The number of carbonyl (C=O) groups is 1. The van der Waals surface area contributed by atoms with E-state index in [1.165, 1.54) is 12.1 Å². The molecule has 2 rings (SSSR count). The van der Waals surface area contributed by atoms with Crippen LogP contribution in [0.4, 0.5) is 37.7 Å². The first kappa shape index (κ1) is 25.8. The molecule has 32 heavy (non-hydrogen) atoms. The molecule has 0 unspecified atom stereocenters. The van der Waals surface area contributed by atoms with Gasteiger partial charge in [0.1, 0.15) is 10.6 Å². The highest BCUT2D eigenvalue weighted by molar-refractivity contribution is 8.00. The summed E-state index contributed by atoms with van der Waals surface area (Å²) in [6.45, 7) is 0. The molecular weight excluding hydrogens is 510 g/mol. The molecule has 16 heteroatoms. The standard InChI is InChI=1S/C16H10F6N2O5S3/c17-15(18,19)30-10-3-1-2-9(6-10)23-14(25)8-32(28,29)13-5-4-11(31-16(20,21)22)7-12(13)24(26)27/h1-7H,8H2,(H,23,25). The highest BCUT2D eigenvalue weighted by atomic mass is 32.2. The van der Waals surface area contributed by atoms with Crippen LogP contribution in [0.25, 0.3) is 0 Å². The zero-order valence-electron chi connectivity index (χ0n) is 15.2. The fraction of sp³-hybridized carbons (Fsp3) is 0.188. The molecule has 0 aliphatic rings. The Morgan fingerprint density at radius 2 is 1.53 bits per heavy atom. The number of rotatable bonds is 7. The van der Waals surface area contributed by atoms with Gasteiger partial charge in [-0.15, -0.1) is 0 Å². The summed E-state index contributed by atoms with van der Waals surface area (Å²) in [5, 5.41) is 13.2. The van der Waals surface area contributed by atoms with Crippen LogP contribution in [0.2, 0.25) is 0 Å². The number of nitro groups is 1. The number of carbonyl (C=O) groups excluding carboxylic acids is 1. The van der Waals surface area contributed by atoms with Crippen LogP contribution in [0.15, 0.2) is 57.2 Å². The number of amides is 1. The third-order valence-corrected chi connectivity index (χ3v) is 6.47. The molecule has 1 N–H and O–H groups in total. The van der Waals surface area contributed by atoms with E-state index in [1.54, 1.807) is 0 Å². The topological polar surface area (TPSA) is 106 Å². The predicted octanol–water partition coefficient (Wildman–Crippen LogP) is 5.23. The van der Waals surface area contributed by atoms with Gasteiger partial charge in [0.15, 0.2) is 9.84 Å². The number of nitro benzene ring substituents is 1. The minimum Gasteiger partial charge on any atom is -0.325 e. The number of alkyl halides is 6. The van der Waals surface area contributed by atoms with Gasteiger partial charge in [0, 0.05) is 21.5 Å². The van der Waals surface area contributed by atoms with Crippen molar-refractivity contribution >= 4 is 50.6 Å². The number of nitrogens with one attached hydrogen (secondary N) is 1. The van der Waals surface area contributed by atoms with Gasteiger partial charge in [0.2, 0.25) is 5.91 Å². The van der Waals surface area contributed by atoms with Crippen LogP contribution in [0.1, 0.15) is 0 Å². The summed E-state index contributed by atoms with van der Waals surface area (Å²) in [5.41, 5.74) is -10.7. The lowest BCUT2D eigenvalue weighted by Crippen LogP contribution is -2.23. The van der Waals surface area contributed by atoms with Crippen molar-refractivity contribution in [3.63, 3.8) is 0 Å². The third-order valence-electron chi connectivity index (χ3n) is 3.37. The Hall–Kier alpha value is -2.46. The summed E-state index contributed by atoms with van der Waals surface area (Å²) in [4.78, 5) is 20.2. The van der Waals surface area contributed by atoms with Crippen molar-refractivity contribution in [2.24, 2.45) is 0 Å². The van der Waals surface area contributed by atoms with E-state index in [2.05, 4.69) is 5.32 Å². The number of nitrogens with zero attached hydrogens (tertiary/aromatic N) is 1. The number of hydrogen-bond donors (Lipinski definition) is 1. The largest absolute Gasteiger partial charge is 0.446 e. The summed E-state index contributed by atoms with van der Waals surface area (Å²) in [6, 6.07) is 6.11. The molecule has 174 valence electrons. The van der Waals surface area contributed by atoms with E-state index >= 15 is 0 Å². The average molecular weight is 520 g/mol. The van der Waals surface area contributed by atoms with E-state index in [0.29, 0.717) is 18.2 Å². The first-order valence-electron chi connectivity index (χ1n) is 7.98. The summed E-state index contributed by atoms with van der Waals surface area (Å²) in [7, 11) is -4.68. The highest BCUT2D eigenvalue weighted by Gasteiger charge is 2.33. The van der Waals surface area contributed by atoms with Gasteiger partial charge in [-0.25, -0.2) is 8.42 Å². The molecule has 0 saturated carbocycles. The Bertz CT molecular complexity index is 1140. The first-order valence-corrected chi connectivity index (χ1v) is 11.3. The van der Waals surface area contributed by atoms with Gasteiger partial charge in [0.25, 0.3) is 5.69 Å². The Labute approximate surface area is 184 Å². The summed E-state index contributed by atoms with van der Waals surface area (Å²) in [6.07, 6.45) is 0. The molecule has 0 heterocycles. The smallest absolute Gasteiger partial charge is 0.325 e. The molecular formula is C16H10F6N2O5S3. The monoisotopic (exact) mass is 520 g/mol. The molecule has 0 aliphatic carbocycles. The maximum Gasteiger partial charge on any atom is 0.446 e. The summed E-state index contributed by atoms with van der Waals surface area (Å²) < 4.78 is 99.7. The van der Waals surface area contributed by atoms with Crippen molar-refractivity contribution in [1.29, 1.82) is 0 Å². The summed E-state index contributed by atoms with van der Waals surface area (Å²) in [5.74, 6) is -2.56. The van der Waals surface area contributed by atoms with E-state index in [-0.39, 0.29) is 10.6 Å². The predicted molar refractivity (Wildman–Crippen MR) is 104 cm³/mol. The van der Waals surface area contributed by atoms with Crippen molar-refractivity contribution < 1.29 is 44.5 Å². The normalized spacial score (nSPS) is 12.4. The van der Waals surface area contributed by atoms with Gasteiger partial charge in [0.05, 0.1) is 4.92 Å². The quantitative estimate of drug-likeness (QED) is 0.231. The van der Waals surface area contributed by atoms with Crippen LogP contribution in [0.5, 0.6) is 0 Å². The van der Waals surface area contributed by atoms with Gasteiger partial charge >= 0.3 is 11.0 Å². The fourth-order valence-electron chi connectivity index (χ4n) is 2.32. The lowest BCUT2D eigenvalue weighted by molar-refractivity contribution is -0.388.